The van der Waals surface area contributed by atoms with Crippen molar-refractivity contribution in [2.75, 3.05) is 12.3 Å². The number of carbonyl (C=O) groups is 1. The summed E-state index contributed by atoms with van der Waals surface area (Å²) < 4.78 is 5.09. The summed E-state index contributed by atoms with van der Waals surface area (Å²) in [5.74, 6) is 0.413. The van der Waals surface area contributed by atoms with Crippen molar-refractivity contribution in [2.24, 2.45) is 4.99 Å². The van der Waals surface area contributed by atoms with Crippen LogP contribution in [0.3, 0.4) is 0 Å². The topological polar surface area (TPSA) is 71.7 Å². The van der Waals surface area contributed by atoms with Crippen LogP contribution in [0.4, 0.5) is 0 Å². The third kappa shape index (κ3) is 2.46. The second-order valence-corrected chi connectivity index (χ2v) is 5.56. The lowest BCUT2D eigenvalue weighted by atomic mass is 10.1. The van der Waals surface area contributed by atoms with E-state index in [1.807, 2.05) is 13.0 Å². The maximum Gasteiger partial charge on any atom is 0.344 e. The first-order valence-corrected chi connectivity index (χ1v) is 7.15. The molecule has 0 atom stereocenters. The van der Waals surface area contributed by atoms with Crippen molar-refractivity contribution < 1.29 is 9.21 Å². The van der Waals surface area contributed by atoms with E-state index in [1.165, 1.54) is 11.8 Å². The number of benzene rings is 1. The van der Waals surface area contributed by atoms with Crippen LogP contribution in [0.15, 0.2) is 38.5 Å². The zero-order valence-electron chi connectivity index (χ0n) is 10.8. The minimum absolute atomic E-state index is 0.00144. The number of rotatable bonds is 1. The fourth-order valence-corrected chi connectivity index (χ4v) is 2.70. The number of aryl methyl sites for hydroxylation is 1. The number of thioether (sulfide) groups is 1. The number of aliphatic imine (C=N–C) groups is 1. The second-order valence-electron chi connectivity index (χ2n) is 4.48. The molecule has 0 bridgehead atoms. The number of carbonyl (C=O) groups excluding carboxylic acids is 1. The Kier molecular flexibility index (Phi) is 3.31. The number of fused-ring (bicyclic) bond motifs is 1. The van der Waals surface area contributed by atoms with E-state index in [1.54, 1.807) is 18.2 Å². The van der Waals surface area contributed by atoms with Crippen molar-refractivity contribution in [1.82, 2.24) is 5.32 Å². The minimum Gasteiger partial charge on any atom is -0.417 e. The first-order chi connectivity index (χ1) is 9.63. The maximum atomic E-state index is 12.0. The highest BCUT2D eigenvalue weighted by Crippen LogP contribution is 2.15. The molecule has 0 saturated carbocycles. The molecule has 2 aromatic rings. The van der Waals surface area contributed by atoms with E-state index in [0.29, 0.717) is 22.5 Å². The molecule has 0 spiro atoms. The van der Waals surface area contributed by atoms with Crippen molar-refractivity contribution in [3.8, 4) is 0 Å². The van der Waals surface area contributed by atoms with Gasteiger partial charge in [0.05, 0.1) is 11.9 Å². The SMILES string of the molecule is Cc1ccc2cc(C(=O)NC3=NCCS3)oc(=O)c2c1. The number of amides is 1. The second kappa shape index (κ2) is 5.13. The monoisotopic (exact) mass is 288 g/mol. The lowest BCUT2D eigenvalue weighted by molar-refractivity contribution is 0.0947. The van der Waals surface area contributed by atoms with Crippen molar-refractivity contribution in [3.05, 3.63) is 46.0 Å². The minimum atomic E-state index is -0.502. The molecule has 102 valence electrons. The van der Waals surface area contributed by atoms with Crippen molar-refractivity contribution in [3.63, 3.8) is 0 Å². The fourth-order valence-electron chi connectivity index (χ4n) is 1.98. The molecular weight excluding hydrogens is 276 g/mol. The first-order valence-electron chi connectivity index (χ1n) is 6.16. The summed E-state index contributed by atoms with van der Waals surface area (Å²) in [6.07, 6.45) is 0. The van der Waals surface area contributed by atoms with Gasteiger partial charge in [0.25, 0.3) is 5.91 Å². The molecule has 5 nitrogen and oxygen atoms in total. The van der Waals surface area contributed by atoms with Crippen molar-refractivity contribution >= 4 is 33.6 Å². The van der Waals surface area contributed by atoms with Gasteiger partial charge in [0.2, 0.25) is 0 Å². The largest absolute Gasteiger partial charge is 0.417 e. The Hall–Kier alpha value is -2.08. The van der Waals surface area contributed by atoms with E-state index in [-0.39, 0.29) is 5.76 Å². The van der Waals surface area contributed by atoms with E-state index in [2.05, 4.69) is 10.3 Å². The Labute approximate surface area is 119 Å². The number of nitrogens with one attached hydrogen (secondary N) is 1. The molecule has 1 aliphatic rings. The third-order valence-corrected chi connectivity index (χ3v) is 3.84. The molecule has 0 saturated heterocycles. The van der Waals surface area contributed by atoms with Crippen molar-refractivity contribution in [2.45, 2.75) is 6.92 Å². The molecule has 0 aliphatic carbocycles. The number of hydrogen-bond donors (Lipinski definition) is 1. The molecule has 0 radical (unpaired) electrons. The highest BCUT2D eigenvalue weighted by Gasteiger charge is 2.16. The normalized spacial score (nSPS) is 14.3. The summed E-state index contributed by atoms with van der Waals surface area (Å²) in [5.41, 5.74) is 0.469. The molecule has 3 rings (SSSR count). The van der Waals surface area contributed by atoms with Gasteiger partial charge in [-0.1, -0.05) is 29.5 Å². The van der Waals surface area contributed by atoms with Gasteiger partial charge in [0.15, 0.2) is 10.9 Å². The van der Waals surface area contributed by atoms with Gasteiger partial charge < -0.3 is 4.42 Å². The van der Waals surface area contributed by atoms with Gasteiger partial charge in [-0.2, -0.15) is 0 Å². The zero-order valence-corrected chi connectivity index (χ0v) is 11.6. The quantitative estimate of drug-likeness (QED) is 0.870. The summed E-state index contributed by atoms with van der Waals surface area (Å²) >= 11 is 1.47. The lowest BCUT2D eigenvalue weighted by Crippen LogP contribution is -2.28. The average molecular weight is 288 g/mol. The van der Waals surface area contributed by atoms with E-state index < -0.39 is 11.5 Å². The van der Waals surface area contributed by atoms with E-state index in [4.69, 9.17) is 4.42 Å². The number of amidine groups is 1. The van der Waals surface area contributed by atoms with Gasteiger partial charge in [0.1, 0.15) is 0 Å². The lowest BCUT2D eigenvalue weighted by Gasteiger charge is -2.04. The van der Waals surface area contributed by atoms with Crippen LogP contribution in [0.1, 0.15) is 16.1 Å². The number of nitrogens with zero attached hydrogens (tertiary/aromatic N) is 1. The Morgan fingerprint density at radius 1 is 1.40 bits per heavy atom. The molecule has 0 unspecified atom stereocenters. The van der Waals surface area contributed by atoms with Gasteiger partial charge in [-0.05, 0) is 24.4 Å². The highest BCUT2D eigenvalue weighted by molar-refractivity contribution is 8.14. The van der Waals surface area contributed by atoms with Gasteiger partial charge in [0, 0.05) is 5.75 Å². The van der Waals surface area contributed by atoms with E-state index >= 15 is 0 Å². The summed E-state index contributed by atoms with van der Waals surface area (Å²) in [5, 5.41) is 4.38. The molecular formula is C14H12N2O3S. The van der Waals surface area contributed by atoms with Gasteiger partial charge in [-0.25, -0.2) is 4.79 Å². The van der Waals surface area contributed by atoms with E-state index in [9.17, 15) is 9.59 Å². The summed E-state index contributed by atoms with van der Waals surface area (Å²) in [6.45, 7) is 2.59. The molecule has 1 amide bonds. The van der Waals surface area contributed by atoms with Gasteiger partial charge in [-0.15, -0.1) is 0 Å². The van der Waals surface area contributed by atoms with Crippen LogP contribution in [0.2, 0.25) is 0 Å². The smallest absolute Gasteiger partial charge is 0.344 e. The van der Waals surface area contributed by atoms with Gasteiger partial charge >= 0.3 is 5.63 Å². The van der Waals surface area contributed by atoms with Gasteiger partial charge in [-0.3, -0.25) is 15.1 Å². The zero-order chi connectivity index (χ0) is 14.1. The Morgan fingerprint density at radius 2 is 2.25 bits per heavy atom. The van der Waals surface area contributed by atoms with Crippen LogP contribution in [-0.2, 0) is 0 Å². The predicted octanol–water partition coefficient (Wildman–Crippen LogP) is 1.93. The highest BCUT2D eigenvalue weighted by atomic mass is 32.2. The molecule has 6 heteroatoms. The van der Waals surface area contributed by atoms with Crippen LogP contribution >= 0.6 is 11.8 Å². The van der Waals surface area contributed by atoms with Crippen LogP contribution in [0.25, 0.3) is 10.8 Å². The maximum absolute atomic E-state index is 12.0. The Bertz CT molecular complexity index is 780. The Morgan fingerprint density at radius 3 is 3.00 bits per heavy atom. The van der Waals surface area contributed by atoms with Crippen LogP contribution in [0.5, 0.6) is 0 Å². The molecule has 2 heterocycles. The molecule has 1 N–H and O–H groups in total. The van der Waals surface area contributed by atoms with Crippen LogP contribution < -0.4 is 10.9 Å². The fraction of sp³-hybridized carbons (Fsp3) is 0.214. The summed E-state index contributed by atoms with van der Waals surface area (Å²) in [4.78, 5) is 28.1. The predicted molar refractivity (Wildman–Crippen MR) is 79.4 cm³/mol. The summed E-state index contributed by atoms with van der Waals surface area (Å²) in [6, 6.07) is 7.02. The molecule has 0 fully saturated rings. The average Bonchev–Trinajstić information content (AvgIpc) is 2.92. The molecule has 1 aromatic carbocycles. The molecule has 1 aromatic heterocycles. The Balaban J connectivity index is 1.98. The summed E-state index contributed by atoms with van der Waals surface area (Å²) in [7, 11) is 0. The van der Waals surface area contributed by atoms with E-state index in [0.717, 1.165) is 11.3 Å². The first kappa shape index (κ1) is 12.9. The van der Waals surface area contributed by atoms with Crippen LogP contribution in [-0.4, -0.2) is 23.4 Å². The van der Waals surface area contributed by atoms with Crippen molar-refractivity contribution in [1.29, 1.82) is 0 Å². The van der Waals surface area contributed by atoms with Crippen LogP contribution in [0, 0.1) is 6.92 Å². The third-order valence-electron chi connectivity index (χ3n) is 2.95. The number of hydrogen-bond acceptors (Lipinski definition) is 5. The molecule has 1 aliphatic heterocycles. The standard InChI is InChI=1S/C14H12N2O3S/c1-8-2-3-9-7-11(19-13(18)10(9)6-8)12(17)16-14-15-4-5-20-14/h2-3,6-7H,4-5H2,1H3,(H,15,16,17). The molecule has 20 heavy (non-hydrogen) atoms.